The first-order chi connectivity index (χ1) is 12.4. The van der Waals surface area contributed by atoms with Crippen LogP contribution in [-0.4, -0.2) is 43.2 Å². The molecule has 1 heterocycles. The van der Waals surface area contributed by atoms with Gasteiger partial charge in [0.25, 0.3) is 0 Å². The van der Waals surface area contributed by atoms with Gasteiger partial charge in [-0.3, -0.25) is 0 Å². The van der Waals surface area contributed by atoms with Crippen molar-refractivity contribution in [2.75, 3.05) is 26.2 Å². The minimum absolute atomic E-state index is 0.0608. The third-order valence-corrected chi connectivity index (χ3v) is 4.89. The average Bonchev–Trinajstić information content (AvgIpc) is 2.60. The van der Waals surface area contributed by atoms with Crippen LogP contribution in [0.25, 0.3) is 0 Å². The second-order valence-corrected chi connectivity index (χ2v) is 7.74. The number of nitrogens with zero attached hydrogens (tertiary/aromatic N) is 1. The molecule has 5 nitrogen and oxygen atoms in total. The van der Waals surface area contributed by atoms with Crippen molar-refractivity contribution in [1.82, 2.24) is 15.5 Å². The number of hydrogen-bond acceptors (Lipinski definition) is 3. The van der Waals surface area contributed by atoms with E-state index in [-0.39, 0.29) is 18.2 Å². The van der Waals surface area contributed by atoms with Gasteiger partial charge in [0.15, 0.2) is 0 Å². The smallest absolute Gasteiger partial charge is 0.315 e. The monoisotopic (exact) mass is 361 g/mol. The van der Waals surface area contributed by atoms with Crippen LogP contribution in [0.5, 0.6) is 5.75 Å². The lowest BCUT2D eigenvalue weighted by Crippen LogP contribution is -2.39. The highest BCUT2D eigenvalue weighted by molar-refractivity contribution is 5.74. The van der Waals surface area contributed by atoms with E-state index in [4.69, 9.17) is 4.74 Å². The highest BCUT2D eigenvalue weighted by atomic mass is 16.5. The molecular weight excluding hydrogens is 326 g/mol. The van der Waals surface area contributed by atoms with Gasteiger partial charge in [-0.25, -0.2) is 4.79 Å². The number of benzene rings is 1. The third-order valence-electron chi connectivity index (χ3n) is 4.89. The van der Waals surface area contributed by atoms with Crippen LogP contribution in [-0.2, 0) is 0 Å². The van der Waals surface area contributed by atoms with Gasteiger partial charge in [-0.2, -0.15) is 0 Å². The van der Waals surface area contributed by atoms with Gasteiger partial charge in [-0.15, -0.1) is 0 Å². The Kier molecular flexibility index (Phi) is 8.23. The molecule has 26 heavy (non-hydrogen) atoms. The van der Waals surface area contributed by atoms with Crippen LogP contribution in [0.2, 0.25) is 0 Å². The van der Waals surface area contributed by atoms with E-state index in [9.17, 15) is 4.79 Å². The molecule has 1 aliphatic rings. The minimum atomic E-state index is -0.111. The minimum Gasteiger partial charge on any atom is -0.491 e. The quantitative estimate of drug-likeness (QED) is 0.689. The second-order valence-electron chi connectivity index (χ2n) is 7.74. The van der Waals surface area contributed by atoms with E-state index in [1.54, 1.807) is 0 Å². The van der Waals surface area contributed by atoms with E-state index in [1.807, 2.05) is 45.0 Å². The Hall–Kier alpha value is -1.75. The summed E-state index contributed by atoms with van der Waals surface area (Å²) in [5.41, 5.74) is 1.04. The molecule has 2 N–H and O–H groups in total. The molecule has 0 aromatic heterocycles. The molecule has 1 aromatic rings. The summed E-state index contributed by atoms with van der Waals surface area (Å²) >= 11 is 0. The van der Waals surface area contributed by atoms with Crippen LogP contribution in [0, 0.1) is 5.92 Å². The SMILES string of the molecule is CC1CCN(CCCNC(=O)NC(C)c2cccc(OC(C)C)c2)CC1. The number of likely N-dealkylation sites (tertiary alicyclic amines) is 1. The van der Waals surface area contributed by atoms with Crippen LogP contribution in [0.15, 0.2) is 24.3 Å². The Morgan fingerprint density at radius 3 is 2.69 bits per heavy atom. The van der Waals surface area contributed by atoms with Gasteiger partial charge >= 0.3 is 6.03 Å². The first-order valence-electron chi connectivity index (χ1n) is 9.97. The van der Waals surface area contributed by atoms with Crippen molar-refractivity contribution < 1.29 is 9.53 Å². The molecule has 0 saturated carbocycles. The first kappa shape index (κ1) is 20.6. The van der Waals surface area contributed by atoms with Gasteiger partial charge in [0.05, 0.1) is 12.1 Å². The summed E-state index contributed by atoms with van der Waals surface area (Å²) in [7, 11) is 0. The molecule has 0 spiro atoms. The lowest BCUT2D eigenvalue weighted by atomic mass is 9.99. The van der Waals surface area contributed by atoms with Gasteiger partial charge in [0.2, 0.25) is 0 Å². The van der Waals surface area contributed by atoms with Crippen LogP contribution >= 0.6 is 0 Å². The van der Waals surface area contributed by atoms with E-state index in [2.05, 4.69) is 22.5 Å². The Morgan fingerprint density at radius 2 is 2.00 bits per heavy atom. The van der Waals surface area contributed by atoms with E-state index < -0.39 is 0 Å². The molecule has 2 amide bonds. The number of nitrogens with one attached hydrogen (secondary N) is 2. The molecule has 1 atom stereocenters. The van der Waals surface area contributed by atoms with E-state index >= 15 is 0 Å². The lowest BCUT2D eigenvalue weighted by Gasteiger charge is -2.30. The topological polar surface area (TPSA) is 53.6 Å². The first-order valence-corrected chi connectivity index (χ1v) is 9.97. The fourth-order valence-corrected chi connectivity index (χ4v) is 3.25. The van der Waals surface area contributed by atoms with Crippen LogP contribution < -0.4 is 15.4 Å². The van der Waals surface area contributed by atoms with Crippen molar-refractivity contribution in [3.63, 3.8) is 0 Å². The summed E-state index contributed by atoms with van der Waals surface area (Å²) < 4.78 is 5.72. The maximum Gasteiger partial charge on any atom is 0.315 e. The van der Waals surface area contributed by atoms with Crippen molar-refractivity contribution in [2.24, 2.45) is 5.92 Å². The molecule has 0 bridgehead atoms. The van der Waals surface area contributed by atoms with Gasteiger partial charge in [0.1, 0.15) is 5.75 Å². The highest BCUT2D eigenvalue weighted by Gasteiger charge is 2.15. The van der Waals surface area contributed by atoms with Crippen molar-refractivity contribution >= 4 is 6.03 Å². The zero-order chi connectivity index (χ0) is 18.9. The number of rotatable bonds is 8. The second kappa shape index (κ2) is 10.4. The Labute approximate surface area is 158 Å². The van der Waals surface area contributed by atoms with Crippen molar-refractivity contribution in [1.29, 1.82) is 0 Å². The predicted molar refractivity (Wildman–Crippen MR) is 107 cm³/mol. The van der Waals surface area contributed by atoms with Crippen LogP contribution in [0.4, 0.5) is 4.79 Å². The largest absolute Gasteiger partial charge is 0.491 e. The third kappa shape index (κ3) is 7.24. The van der Waals surface area contributed by atoms with Crippen LogP contribution in [0.3, 0.4) is 0 Å². The normalized spacial score (nSPS) is 17.1. The Morgan fingerprint density at radius 1 is 1.27 bits per heavy atom. The van der Waals surface area contributed by atoms with Gasteiger partial charge in [-0.05, 0) is 83.3 Å². The van der Waals surface area contributed by atoms with Crippen molar-refractivity contribution in [2.45, 2.75) is 59.1 Å². The number of hydrogen-bond donors (Lipinski definition) is 2. The summed E-state index contributed by atoms with van der Waals surface area (Å²) in [4.78, 5) is 14.6. The molecule has 1 aromatic carbocycles. The molecule has 1 aliphatic heterocycles. The molecule has 146 valence electrons. The maximum atomic E-state index is 12.1. The molecule has 0 radical (unpaired) electrons. The molecular formula is C21H35N3O2. The Bertz CT molecular complexity index is 554. The fraction of sp³-hybridized carbons (Fsp3) is 0.667. The van der Waals surface area contributed by atoms with Crippen molar-refractivity contribution in [3.05, 3.63) is 29.8 Å². The number of carbonyl (C=O) groups is 1. The van der Waals surface area contributed by atoms with E-state index in [0.29, 0.717) is 6.54 Å². The predicted octanol–water partition coefficient (Wildman–Crippen LogP) is 3.96. The number of amides is 2. The van der Waals surface area contributed by atoms with Crippen molar-refractivity contribution in [3.8, 4) is 5.75 Å². The molecule has 1 fully saturated rings. The Balaban J connectivity index is 1.67. The molecule has 2 rings (SSSR count). The van der Waals surface area contributed by atoms with E-state index in [1.165, 1.54) is 25.9 Å². The number of carbonyl (C=O) groups excluding carboxylic acids is 1. The highest BCUT2D eigenvalue weighted by Crippen LogP contribution is 2.20. The standard InChI is InChI=1S/C21H35N3O2/c1-16(2)26-20-8-5-7-19(15-20)18(4)23-21(25)22-11-6-12-24-13-9-17(3)10-14-24/h5,7-8,15-18H,6,9-14H2,1-4H3,(H2,22,23,25). The van der Waals surface area contributed by atoms with Gasteiger partial charge in [0, 0.05) is 6.54 Å². The maximum absolute atomic E-state index is 12.1. The summed E-state index contributed by atoms with van der Waals surface area (Å²) in [6, 6.07) is 7.73. The summed E-state index contributed by atoms with van der Waals surface area (Å²) in [5.74, 6) is 1.70. The summed E-state index contributed by atoms with van der Waals surface area (Å²) in [6.45, 7) is 12.5. The summed E-state index contributed by atoms with van der Waals surface area (Å²) in [6.07, 6.45) is 3.73. The number of piperidine rings is 1. The zero-order valence-electron chi connectivity index (χ0n) is 16.8. The van der Waals surface area contributed by atoms with E-state index in [0.717, 1.165) is 30.2 Å². The zero-order valence-corrected chi connectivity index (χ0v) is 16.8. The molecule has 5 heteroatoms. The molecule has 1 unspecified atom stereocenters. The number of ether oxygens (including phenoxy) is 1. The molecule has 1 saturated heterocycles. The van der Waals surface area contributed by atoms with Gasteiger partial charge in [-0.1, -0.05) is 19.1 Å². The fourth-order valence-electron chi connectivity index (χ4n) is 3.25. The lowest BCUT2D eigenvalue weighted by molar-refractivity contribution is 0.190. The van der Waals surface area contributed by atoms with Gasteiger partial charge < -0.3 is 20.3 Å². The average molecular weight is 362 g/mol. The summed E-state index contributed by atoms with van der Waals surface area (Å²) in [5, 5.41) is 5.97. The number of urea groups is 1. The van der Waals surface area contributed by atoms with Crippen LogP contribution in [0.1, 0.15) is 58.6 Å². The molecule has 0 aliphatic carbocycles.